The van der Waals surface area contributed by atoms with Crippen molar-refractivity contribution in [1.82, 2.24) is 5.32 Å². The third-order valence-corrected chi connectivity index (χ3v) is 3.76. The van der Waals surface area contributed by atoms with E-state index < -0.39 is 0 Å². The average Bonchev–Trinajstić information content (AvgIpc) is 2.55. The van der Waals surface area contributed by atoms with E-state index in [4.69, 9.17) is 21.1 Å². The van der Waals surface area contributed by atoms with Crippen LogP contribution in [-0.2, 0) is 13.0 Å². The van der Waals surface area contributed by atoms with E-state index in [-0.39, 0.29) is 11.9 Å². The fourth-order valence-electron chi connectivity index (χ4n) is 2.34. The number of hydrogen-bond acceptors (Lipinski definition) is 3. The van der Waals surface area contributed by atoms with Gasteiger partial charge in [-0.3, -0.25) is 0 Å². The lowest BCUT2D eigenvalue weighted by atomic mass is 10.1. The molecule has 3 nitrogen and oxygen atoms in total. The smallest absolute Gasteiger partial charge is 0.180 e. The topological polar surface area (TPSA) is 30.5 Å². The van der Waals surface area contributed by atoms with Crippen LogP contribution in [0.4, 0.5) is 4.39 Å². The summed E-state index contributed by atoms with van der Waals surface area (Å²) in [6.45, 7) is 5.34. The Labute approximate surface area is 147 Å². The van der Waals surface area contributed by atoms with Gasteiger partial charge in [0.05, 0.1) is 18.2 Å². The second-order valence-corrected chi connectivity index (χ2v) is 6.24. The monoisotopic (exact) mass is 351 g/mol. The summed E-state index contributed by atoms with van der Waals surface area (Å²) in [6.07, 6.45) is 0.857. The van der Waals surface area contributed by atoms with Gasteiger partial charge in [0, 0.05) is 6.54 Å². The molecule has 0 heterocycles. The molecule has 0 aromatic heterocycles. The van der Waals surface area contributed by atoms with Gasteiger partial charge >= 0.3 is 0 Å². The van der Waals surface area contributed by atoms with Gasteiger partial charge < -0.3 is 14.8 Å². The summed E-state index contributed by atoms with van der Waals surface area (Å²) in [6, 6.07) is 10.4. The predicted octanol–water partition coefficient (Wildman–Crippen LogP) is 4.61. The van der Waals surface area contributed by atoms with Crippen molar-refractivity contribution in [2.75, 3.05) is 13.7 Å². The molecule has 130 valence electrons. The molecule has 0 spiro atoms. The fraction of sp³-hybridized carbons (Fsp3) is 0.368. The number of hydrogen-bond donors (Lipinski definition) is 1. The van der Waals surface area contributed by atoms with Crippen molar-refractivity contribution in [2.24, 2.45) is 0 Å². The standard InChI is InChI=1S/C19H23ClFNO2/c1-13(2)24-19-17(20)10-15(11-18(19)23-3)12-22-9-8-14-4-6-16(21)7-5-14/h4-7,10-11,13,22H,8-9,12H2,1-3H3. The second-order valence-electron chi connectivity index (χ2n) is 5.83. The zero-order valence-electron chi connectivity index (χ0n) is 14.2. The summed E-state index contributed by atoms with van der Waals surface area (Å²) >= 11 is 6.31. The van der Waals surface area contributed by atoms with Crippen LogP contribution in [0.2, 0.25) is 5.02 Å². The molecule has 0 saturated carbocycles. The minimum atomic E-state index is -0.211. The first-order valence-corrected chi connectivity index (χ1v) is 8.35. The highest BCUT2D eigenvalue weighted by Gasteiger charge is 2.13. The molecular formula is C19H23ClFNO2. The molecule has 0 bridgehead atoms. The largest absolute Gasteiger partial charge is 0.493 e. The third kappa shape index (κ3) is 5.39. The molecule has 2 aromatic rings. The molecule has 0 atom stereocenters. The Kier molecular flexibility index (Phi) is 6.88. The van der Waals surface area contributed by atoms with E-state index in [1.54, 1.807) is 19.2 Å². The van der Waals surface area contributed by atoms with Gasteiger partial charge in [-0.25, -0.2) is 4.39 Å². The normalized spacial score (nSPS) is 10.9. The summed E-state index contributed by atoms with van der Waals surface area (Å²) in [5.74, 6) is 0.993. The van der Waals surface area contributed by atoms with Crippen LogP contribution in [0.15, 0.2) is 36.4 Å². The summed E-state index contributed by atoms with van der Waals surface area (Å²) in [4.78, 5) is 0. The van der Waals surface area contributed by atoms with Gasteiger partial charge in [-0.15, -0.1) is 0 Å². The van der Waals surface area contributed by atoms with Crippen LogP contribution in [0.5, 0.6) is 11.5 Å². The summed E-state index contributed by atoms with van der Waals surface area (Å²) in [5.41, 5.74) is 2.12. The van der Waals surface area contributed by atoms with Crippen LogP contribution in [0.3, 0.4) is 0 Å². The van der Waals surface area contributed by atoms with E-state index in [0.29, 0.717) is 23.1 Å². The highest BCUT2D eigenvalue weighted by atomic mass is 35.5. The first-order chi connectivity index (χ1) is 11.5. The number of methoxy groups -OCH3 is 1. The maximum atomic E-state index is 12.9. The number of halogens is 2. The minimum absolute atomic E-state index is 0.0242. The van der Waals surface area contributed by atoms with Crippen molar-refractivity contribution >= 4 is 11.6 Å². The van der Waals surface area contributed by atoms with Crippen molar-refractivity contribution in [2.45, 2.75) is 32.9 Å². The van der Waals surface area contributed by atoms with Gasteiger partial charge in [0.15, 0.2) is 11.5 Å². The summed E-state index contributed by atoms with van der Waals surface area (Å²) in [5, 5.41) is 3.89. The van der Waals surface area contributed by atoms with Crippen LogP contribution in [-0.4, -0.2) is 19.8 Å². The van der Waals surface area contributed by atoms with E-state index in [1.165, 1.54) is 12.1 Å². The Morgan fingerprint density at radius 1 is 1.12 bits per heavy atom. The lowest BCUT2D eigenvalue weighted by molar-refractivity contribution is 0.230. The zero-order valence-corrected chi connectivity index (χ0v) is 15.0. The first-order valence-electron chi connectivity index (χ1n) is 7.98. The molecule has 0 aliphatic carbocycles. The van der Waals surface area contributed by atoms with Gasteiger partial charge in [0.1, 0.15) is 5.82 Å². The fourth-order valence-corrected chi connectivity index (χ4v) is 2.62. The van der Waals surface area contributed by atoms with Crippen LogP contribution in [0, 0.1) is 5.82 Å². The SMILES string of the molecule is COc1cc(CNCCc2ccc(F)cc2)cc(Cl)c1OC(C)C. The quantitative estimate of drug-likeness (QED) is 0.705. The maximum absolute atomic E-state index is 12.9. The maximum Gasteiger partial charge on any atom is 0.180 e. The molecule has 0 amide bonds. The Balaban J connectivity index is 1.92. The molecule has 1 N–H and O–H groups in total. The second kappa shape index (κ2) is 8.90. The van der Waals surface area contributed by atoms with E-state index in [2.05, 4.69) is 5.32 Å². The van der Waals surface area contributed by atoms with Crippen LogP contribution < -0.4 is 14.8 Å². The minimum Gasteiger partial charge on any atom is -0.493 e. The molecule has 5 heteroatoms. The average molecular weight is 352 g/mol. The van der Waals surface area contributed by atoms with E-state index in [1.807, 2.05) is 26.0 Å². The Bertz CT molecular complexity index is 659. The predicted molar refractivity (Wildman–Crippen MR) is 95.6 cm³/mol. The van der Waals surface area contributed by atoms with Gasteiger partial charge in [-0.1, -0.05) is 23.7 Å². The lowest BCUT2D eigenvalue weighted by Crippen LogP contribution is -2.17. The molecule has 24 heavy (non-hydrogen) atoms. The molecule has 0 aliphatic heterocycles. The summed E-state index contributed by atoms with van der Waals surface area (Å²) < 4.78 is 24.0. The molecule has 0 unspecified atom stereocenters. The first kappa shape index (κ1) is 18.6. The van der Waals surface area contributed by atoms with Crippen molar-refractivity contribution < 1.29 is 13.9 Å². The van der Waals surface area contributed by atoms with Gasteiger partial charge in [-0.05, 0) is 62.2 Å². The van der Waals surface area contributed by atoms with Gasteiger partial charge in [0.25, 0.3) is 0 Å². The molecule has 2 aromatic carbocycles. The molecular weight excluding hydrogens is 329 g/mol. The number of rotatable bonds is 8. The van der Waals surface area contributed by atoms with Gasteiger partial charge in [0.2, 0.25) is 0 Å². The molecule has 0 fully saturated rings. The van der Waals surface area contributed by atoms with Crippen molar-refractivity contribution in [3.63, 3.8) is 0 Å². The highest BCUT2D eigenvalue weighted by molar-refractivity contribution is 6.32. The Hall–Kier alpha value is -1.78. The Morgan fingerprint density at radius 2 is 1.83 bits per heavy atom. The zero-order chi connectivity index (χ0) is 17.5. The third-order valence-electron chi connectivity index (χ3n) is 3.48. The van der Waals surface area contributed by atoms with Crippen molar-refractivity contribution in [3.05, 3.63) is 58.4 Å². The van der Waals surface area contributed by atoms with Crippen LogP contribution in [0.1, 0.15) is 25.0 Å². The van der Waals surface area contributed by atoms with E-state index >= 15 is 0 Å². The molecule has 0 radical (unpaired) electrons. The Morgan fingerprint density at radius 3 is 2.46 bits per heavy atom. The highest BCUT2D eigenvalue weighted by Crippen LogP contribution is 2.37. The molecule has 2 rings (SSSR count). The van der Waals surface area contributed by atoms with Crippen molar-refractivity contribution in [1.29, 1.82) is 0 Å². The van der Waals surface area contributed by atoms with E-state index in [9.17, 15) is 4.39 Å². The van der Waals surface area contributed by atoms with E-state index in [0.717, 1.165) is 24.1 Å². The summed E-state index contributed by atoms with van der Waals surface area (Å²) in [7, 11) is 1.60. The lowest BCUT2D eigenvalue weighted by Gasteiger charge is -2.16. The number of benzene rings is 2. The number of ether oxygens (including phenoxy) is 2. The van der Waals surface area contributed by atoms with Crippen LogP contribution >= 0.6 is 11.6 Å². The van der Waals surface area contributed by atoms with Crippen LogP contribution in [0.25, 0.3) is 0 Å². The molecule has 0 aliphatic rings. The van der Waals surface area contributed by atoms with Crippen molar-refractivity contribution in [3.8, 4) is 11.5 Å². The van der Waals surface area contributed by atoms with Gasteiger partial charge in [-0.2, -0.15) is 0 Å². The molecule has 0 saturated heterocycles. The number of nitrogens with one attached hydrogen (secondary N) is 1.